The van der Waals surface area contributed by atoms with Crippen molar-refractivity contribution in [1.82, 2.24) is 0 Å². The van der Waals surface area contributed by atoms with E-state index in [1.54, 1.807) is 0 Å². The summed E-state index contributed by atoms with van der Waals surface area (Å²) < 4.78 is 0. The topological polar surface area (TPSA) is 26.0 Å². The van der Waals surface area contributed by atoms with Crippen LogP contribution in [0.1, 0.15) is 55.3 Å². The minimum Gasteiger partial charge on any atom is -0.324 e. The Morgan fingerprint density at radius 1 is 1.13 bits per heavy atom. The van der Waals surface area contributed by atoms with E-state index in [0.29, 0.717) is 0 Å². The van der Waals surface area contributed by atoms with Crippen LogP contribution in [0.3, 0.4) is 0 Å². The molecule has 0 saturated carbocycles. The average molecular weight is 205 g/mol. The molecule has 0 aliphatic carbocycles. The predicted molar refractivity (Wildman–Crippen MR) is 67.0 cm³/mol. The normalized spacial score (nSPS) is 12.8. The molecule has 0 amide bonds. The number of rotatable bonds is 5. The second-order valence-electron chi connectivity index (χ2n) is 4.45. The first kappa shape index (κ1) is 12.3. The fourth-order valence-electron chi connectivity index (χ4n) is 1.78. The second kappa shape index (κ2) is 5.92. The molecule has 1 nitrogen and oxygen atoms in total. The van der Waals surface area contributed by atoms with E-state index >= 15 is 0 Å². The summed E-state index contributed by atoms with van der Waals surface area (Å²) in [6.07, 6.45) is 4.90. The lowest BCUT2D eigenvalue weighted by atomic mass is 9.98. The number of hydrogen-bond donors (Lipinski definition) is 1. The van der Waals surface area contributed by atoms with E-state index in [0.717, 1.165) is 6.42 Å². The first-order chi connectivity index (χ1) is 7.15. The maximum absolute atomic E-state index is 6.15. The Bertz CT molecular complexity index is 304. The van der Waals surface area contributed by atoms with Gasteiger partial charge in [-0.15, -0.1) is 0 Å². The molecule has 1 atom stereocenters. The van der Waals surface area contributed by atoms with Gasteiger partial charge in [0, 0.05) is 6.04 Å². The van der Waals surface area contributed by atoms with Gasteiger partial charge in [0.2, 0.25) is 0 Å². The van der Waals surface area contributed by atoms with Gasteiger partial charge in [-0.25, -0.2) is 0 Å². The predicted octanol–water partition coefficient (Wildman–Crippen LogP) is 3.88. The molecule has 84 valence electrons. The third-order valence-corrected chi connectivity index (χ3v) is 3.08. The lowest BCUT2D eigenvalue weighted by molar-refractivity contribution is 0.581. The third-order valence-electron chi connectivity index (χ3n) is 3.08. The van der Waals surface area contributed by atoms with Crippen LogP contribution in [0, 0.1) is 13.8 Å². The molecule has 0 aromatic heterocycles. The SMILES string of the molecule is CCCCC[C@@H](N)c1ccc(C)c(C)c1. The minimum atomic E-state index is 0.218. The zero-order chi connectivity index (χ0) is 11.3. The first-order valence-corrected chi connectivity index (χ1v) is 5.98. The molecule has 15 heavy (non-hydrogen) atoms. The van der Waals surface area contributed by atoms with Crippen molar-refractivity contribution >= 4 is 0 Å². The molecule has 0 bridgehead atoms. The Hall–Kier alpha value is -0.820. The van der Waals surface area contributed by atoms with E-state index in [9.17, 15) is 0 Å². The van der Waals surface area contributed by atoms with Gasteiger partial charge in [0.1, 0.15) is 0 Å². The van der Waals surface area contributed by atoms with Gasteiger partial charge < -0.3 is 5.73 Å². The van der Waals surface area contributed by atoms with Crippen molar-refractivity contribution in [2.24, 2.45) is 5.73 Å². The summed E-state index contributed by atoms with van der Waals surface area (Å²) in [6.45, 7) is 6.51. The Kier molecular flexibility index (Phi) is 4.83. The third kappa shape index (κ3) is 3.67. The summed E-state index contributed by atoms with van der Waals surface area (Å²) in [5, 5.41) is 0. The Morgan fingerprint density at radius 3 is 2.47 bits per heavy atom. The fraction of sp³-hybridized carbons (Fsp3) is 0.571. The zero-order valence-corrected chi connectivity index (χ0v) is 10.2. The van der Waals surface area contributed by atoms with Gasteiger partial charge in [0.25, 0.3) is 0 Å². The van der Waals surface area contributed by atoms with Crippen molar-refractivity contribution in [3.63, 3.8) is 0 Å². The van der Waals surface area contributed by atoms with E-state index in [1.807, 2.05) is 0 Å². The highest BCUT2D eigenvalue weighted by Crippen LogP contribution is 2.19. The van der Waals surface area contributed by atoms with E-state index in [1.165, 1.54) is 36.0 Å². The van der Waals surface area contributed by atoms with Crippen LogP contribution < -0.4 is 5.73 Å². The molecule has 0 unspecified atom stereocenters. The molecule has 0 saturated heterocycles. The summed E-state index contributed by atoms with van der Waals surface area (Å²) in [4.78, 5) is 0. The summed E-state index contributed by atoms with van der Waals surface area (Å²) >= 11 is 0. The summed E-state index contributed by atoms with van der Waals surface area (Å²) in [5.41, 5.74) is 10.1. The van der Waals surface area contributed by atoms with Gasteiger partial charge >= 0.3 is 0 Å². The molecule has 0 fully saturated rings. The van der Waals surface area contributed by atoms with Crippen LogP contribution in [-0.4, -0.2) is 0 Å². The number of benzene rings is 1. The van der Waals surface area contributed by atoms with Gasteiger partial charge in [-0.1, -0.05) is 44.4 Å². The van der Waals surface area contributed by atoms with Crippen molar-refractivity contribution in [3.8, 4) is 0 Å². The minimum absolute atomic E-state index is 0.218. The summed E-state index contributed by atoms with van der Waals surface area (Å²) in [5.74, 6) is 0. The highest BCUT2D eigenvalue weighted by Gasteiger charge is 2.06. The summed E-state index contributed by atoms with van der Waals surface area (Å²) in [6, 6.07) is 6.78. The van der Waals surface area contributed by atoms with E-state index < -0.39 is 0 Å². The lowest BCUT2D eigenvalue weighted by Crippen LogP contribution is -2.10. The van der Waals surface area contributed by atoms with E-state index in [2.05, 4.69) is 39.0 Å². The van der Waals surface area contributed by atoms with Crippen molar-refractivity contribution < 1.29 is 0 Å². The molecule has 1 rings (SSSR count). The maximum Gasteiger partial charge on any atom is 0.0294 e. The highest BCUT2D eigenvalue weighted by molar-refractivity contribution is 5.31. The molecule has 0 heterocycles. The van der Waals surface area contributed by atoms with Crippen molar-refractivity contribution in [3.05, 3.63) is 34.9 Å². The van der Waals surface area contributed by atoms with Gasteiger partial charge in [0.15, 0.2) is 0 Å². The second-order valence-corrected chi connectivity index (χ2v) is 4.45. The van der Waals surface area contributed by atoms with Crippen LogP contribution in [-0.2, 0) is 0 Å². The van der Waals surface area contributed by atoms with Gasteiger partial charge in [0.05, 0.1) is 0 Å². The number of hydrogen-bond acceptors (Lipinski definition) is 1. The van der Waals surface area contributed by atoms with Crippen LogP contribution in [0.15, 0.2) is 18.2 Å². The first-order valence-electron chi connectivity index (χ1n) is 5.98. The standard InChI is InChI=1S/C14H23N/c1-4-5-6-7-14(15)13-9-8-11(2)12(3)10-13/h8-10,14H,4-7,15H2,1-3H3/t14-/m1/s1. The molecule has 0 aliphatic heterocycles. The largest absolute Gasteiger partial charge is 0.324 e. The highest BCUT2D eigenvalue weighted by atomic mass is 14.6. The smallest absolute Gasteiger partial charge is 0.0294 e. The van der Waals surface area contributed by atoms with E-state index in [4.69, 9.17) is 5.73 Å². The van der Waals surface area contributed by atoms with Crippen LogP contribution in [0.5, 0.6) is 0 Å². The monoisotopic (exact) mass is 205 g/mol. The maximum atomic E-state index is 6.15. The fourth-order valence-corrected chi connectivity index (χ4v) is 1.78. The average Bonchev–Trinajstić information content (AvgIpc) is 2.22. The zero-order valence-electron chi connectivity index (χ0n) is 10.2. The van der Waals surface area contributed by atoms with E-state index in [-0.39, 0.29) is 6.04 Å². The molecular weight excluding hydrogens is 182 g/mol. The Morgan fingerprint density at radius 2 is 1.87 bits per heavy atom. The lowest BCUT2D eigenvalue weighted by Gasteiger charge is -2.13. The Labute approximate surface area is 93.7 Å². The van der Waals surface area contributed by atoms with Gasteiger partial charge in [-0.05, 0) is 37.0 Å². The van der Waals surface area contributed by atoms with Crippen LogP contribution in [0.4, 0.5) is 0 Å². The quantitative estimate of drug-likeness (QED) is 0.725. The summed E-state index contributed by atoms with van der Waals surface area (Å²) in [7, 11) is 0. The van der Waals surface area contributed by atoms with Crippen LogP contribution in [0.25, 0.3) is 0 Å². The van der Waals surface area contributed by atoms with Crippen molar-refractivity contribution in [2.75, 3.05) is 0 Å². The van der Waals surface area contributed by atoms with Crippen molar-refractivity contribution in [2.45, 2.75) is 52.5 Å². The molecule has 0 aliphatic rings. The van der Waals surface area contributed by atoms with Crippen LogP contribution >= 0.6 is 0 Å². The number of nitrogens with two attached hydrogens (primary N) is 1. The van der Waals surface area contributed by atoms with Crippen LogP contribution in [0.2, 0.25) is 0 Å². The van der Waals surface area contributed by atoms with Crippen molar-refractivity contribution in [1.29, 1.82) is 0 Å². The van der Waals surface area contributed by atoms with Gasteiger partial charge in [-0.3, -0.25) is 0 Å². The molecule has 1 aromatic carbocycles. The molecule has 0 radical (unpaired) electrons. The molecular formula is C14H23N. The van der Waals surface area contributed by atoms with Gasteiger partial charge in [-0.2, -0.15) is 0 Å². The number of aryl methyl sites for hydroxylation is 2. The molecule has 2 N–H and O–H groups in total. The molecule has 1 aromatic rings. The number of unbranched alkanes of at least 4 members (excludes halogenated alkanes) is 2. The molecule has 0 spiro atoms. The Balaban J connectivity index is 2.57. The molecule has 1 heteroatoms.